The topological polar surface area (TPSA) is 253 Å². The monoisotopic (exact) mass is 1020 g/mol. The number of carbonyl (C=O) groups excluding carboxylic acids is 8. The number of fused-ring (bicyclic) bond motifs is 2. The van der Waals surface area contributed by atoms with Gasteiger partial charge in [0, 0.05) is 38.9 Å². The van der Waals surface area contributed by atoms with Gasteiger partial charge in [-0.15, -0.1) is 0 Å². The van der Waals surface area contributed by atoms with Crippen LogP contribution in [0.5, 0.6) is 0 Å². The van der Waals surface area contributed by atoms with Gasteiger partial charge in [-0.25, -0.2) is 9.59 Å². The highest BCUT2D eigenvalue weighted by Crippen LogP contribution is 2.39. The molecule has 19 heteroatoms. The van der Waals surface area contributed by atoms with Crippen molar-refractivity contribution in [2.75, 3.05) is 13.1 Å². The standard InChI is InChI=1S/C55H69N9O10/c1-55(2,3)74-53(72)58-40-32-62(47(67)28-17-33-15-18-34(19-16-33)37-20-23-41-44(31-37)61(4)54(73)64(41)43-25-27-46(66)59-51(43)70)30-29-38-21-24-42(63(38)52(40)71)50(69)57-39(22-26-45(56)65)49(68)60-48(35-11-7-5-8-12-35)36-13-9-6-10-14-36/h5-14,20,23,31,33-34,38-40,42-43,48H,15-19,21-22,24-30,32H2,1-4H3,(H2,56,65)(H,57,69)(H,58,72)(H,60,68)(H,59,66,70)/t33-,34+,38-,39+,40+,42+,43?/m1/s1. The summed E-state index contributed by atoms with van der Waals surface area (Å²) >= 11 is 0. The average molecular weight is 1020 g/mol. The molecule has 4 fully saturated rings. The normalized spacial score (nSPS) is 22.8. The number of benzene rings is 3. The molecular formula is C55H69N9O10. The van der Waals surface area contributed by atoms with Crippen molar-refractivity contribution < 1.29 is 43.1 Å². The molecule has 8 rings (SSSR count). The molecule has 19 nitrogen and oxygen atoms in total. The van der Waals surface area contributed by atoms with E-state index >= 15 is 0 Å². The number of nitrogens with zero attached hydrogens (tertiary/aromatic N) is 4. The third-order valence-corrected chi connectivity index (χ3v) is 15.1. The summed E-state index contributed by atoms with van der Waals surface area (Å²) in [5.41, 5.74) is 8.41. The maximum absolute atomic E-state index is 14.8. The van der Waals surface area contributed by atoms with Crippen LogP contribution in [-0.4, -0.2) is 109 Å². The van der Waals surface area contributed by atoms with E-state index in [0.29, 0.717) is 24.8 Å². The van der Waals surface area contributed by atoms with Gasteiger partial charge in [-0.3, -0.25) is 48.0 Å². The van der Waals surface area contributed by atoms with Gasteiger partial charge >= 0.3 is 11.8 Å². The van der Waals surface area contributed by atoms with Gasteiger partial charge in [0.2, 0.25) is 41.4 Å². The summed E-state index contributed by atoms with van der Waals surface area (Å²) < 4.78 is 8.60. The molecule has 1 unspecified atom stereocenters. The van der Waals surface area contributed by atoms with Crippen LogP contribution in [-0.2, 0) is 45.3 Å². The molecule has 5 atom stereocenters. The number of imide groups is 1. The zero-order valence-corrected chi connectivity index (χ0v) is 42.7. The molecule has 4 aromatic rings. The van der Waals surface area contributed by atoms with Crippen LogP contribution in [0.15, 0.2) is 83.7 Å². The van der Waals surface area contributed by atoms with Gasteiger partial charge in [0.1, 0.15) is 29.8 Å². The summed E-state index contributed by atoms with van der Waals surface area (Å²) in [7, 11) is 1.69. The van der Waals surface area contributed by atoms with Crippen molar-refractivity contribution in [2.24, 2.45) is 18.7 Å². The molecule has 6 N–H and O–H groups in total. The number of nitrogens with one attached hydrogen (secondary N) is 4. The van der Waals surface area contributed by atoms with Crippen LogP contribution in [0.1, 0.15) is 139 Å². The number of hydrogen-bond acceptors (Lipinski definition) is 10. The van der Waals surface area contributed by atoms with Crippen molar-refractivity contribution in [3.8, 4) is 0 Å². The minimum Gasteiger partial charge on any atom is -0.444 e. The van der Waals surface area contributed by atoms with E-state index in [1.54, 1.807) is 37.3 Å². The van der Waals surface area contributed by atoms with Gasteiger partial charge < -0.3 is 36.2 Å². The number of alkyl carbamates (subject to hydrolysis) is 1. The van der Waals surface area contributed by atoms with E-state index < -0.39 is 77.5 Å². The molecule has 3 aromatic carbocycles. The average Bonchev–Trinajstić information content (AvgIpc) is 3.90. The third-order valence-electron chi connectivity index (χ3n) is 15.1. The van der Waals surface area contributed by atoms with Crippen LogP contribution in [0.2, 0.25) is 0 Å². The SMILES string of the molecule is Cn1c(=O)n(C2CCC(=O)NC2=O)c2ccc([C@H]3CC[C@@H](CCC(=O)N4CC[C@H]5CC[C@@H](C(=O)N[C@@H](CCC(N)=O)C(=O)NC(c6ccccc6)c6ccccc6)N5C(=O)[C@@H](NC(=O)OC(C)(C)C)C4)CC3)cc21. The third kappa shape index (κ3) is 12.4. The smallest absolute Gasteiger partial charge is 0.408 e. The lowest BCUT2D eigenvalue weighted by Crippen LogP contribution is -2.62. The Morgan fingerprint density at radius 1 is 0.797 bits per heavy atom. The van der Waals surface area contributed by atoms with E-state index in [2.05, 4.69) is 21.3 Å². The second-order valence-corrected chi connectivity index (χ2v) is 21.3. The van der Waals surface area contributed by atoms with Gasteiger partial charge in [-0.05, 0) is 126 Å². The van der Waals surface area contributed by atoms with E-state index in [0.717, 1.165) is 47.9 Å². The number of amides is 8. The molecular weight excluding hydrogens is 947 g/mol. The van der Waals surface area contributed by atoms with E-state index in [9.17, 15) is 43.2 Å². The first-order valence-electron chi connectivity index (χ1n) is 26.0. The number of aryl methyl sites for hydroxylation is 1. The van der Waals surface area contributed by atoms with Gasteiger partial charge in [0.05, 0.1) is 23.6 Å². The number of hydrogen-bond donors (Lipinski definition) is 5. The van der Waals surface area contributed by atoms with Crippen molar-refractivity contribution in [2.45, 2.75) is 152 Å². The Kier molecular flexibility index (Phi) is 16.4. The predicted octanol–water partition coefficient (Wildman–Crippen LogP) is 4.51. The van der Waals surface area contributed by atoms with Crippen molar-refractivity contribution in [1.82, 2.24) is 40.2 Å². The van der Waals surface area contributed by atoms with Crippen molar-refractivity contribution >= 4 is 58.5 Å². The van der Waals surface area contributed by atoms with Crippen LogP contribution in [0.4, 0.5) is 4.79 Å². The highest BCUT2D eigenvalue weighted by molar-refractivity contribution is 6.00. The zero-order chi connectivity index (χ0) is 52.8. The van der Waals surface area contributed by atoms with Gasteiger partial charge in [-0.1, -0.05) is 66.7 Å². The Bertz CT molecular complexity index is 2780. The summed E-state index contributed by atoms with van der Waals surface area (Å²) in [5, 5.41) is 11.0. The molecule has 0 bridgehead atoms. The predicted molar refractivity (Wildman–Crippen MR) is 274 cm³/mol. The van der Waals surface area contributed by atoms with E-state index in [1.165, 1.54) is 9.47 Å². The number of imidazole rings is 1. The fraction of sp³-hybridized carbons (Fsp3) is 0.509. The molecule has 0 spiro atoms. The Balaban J connectivity index is 0.915. The number of carbonyl (C=O) groups is 8. The lowest BCUT2D eigenvalue weighted by atomic mass is 9.77. The molecule has 74 heavy (non-hydrogen) atoms. The molecule has 4 aliphatic rings. The number of ether oxygens (including phenoxy) is 1. The van der Waals surface area contributed by atoms with E-state index in [4.69, 9.17) is 10.5 Å². The minimum absolute atomic E-state index is 0.0844. The number of rotatable bonds is 15. The highest BCUT2D eigenvalue weighted by Gasteiger charge is 2.46. The molecule has 3 aliphatic heterocycles. The second kappa shape index (κ2) is 22.8. The largest absolute Gasteiger partial charge is 0.444 e. The van der Waals surface area contributed by atoms with Crippen LogP contribution >= 0.6 is 0 Å². The Morgan fingerprint density at radius 3 is 2.11 bits per heavy atom. The lowest BCUT2D eigenvalue weighted by molar-refractivity contribution is -0.146. The van der Waals surface area contributed by atoms with Crippen LogP contribution in [0.3, 0.4) is 0 Å². The maximum atomic E-state index is 14.8. The Labute approximate surface area is 430 Å². The zero-order valence-electron chi connectivity index (χ0n) is 42.7. The summed E-state index contributed by atoms with van der Waals surface area (Å²) in [4.78, 5) is 124. The fourth-order valence-corrected chi connectivity index (χ4v) is 11.3. The highest BCUT2D eigenvalue weighted by atomic mass is 16.6. The van der Waals surface area contributed by atoms with Crippen LogP contribution < -0.4 is 32.7 Å². The number of primary amides is 1. The van der Waals surface area contributed by atoms with Crippen molar-refractivity contribution in [3.05, 3.63) is 106 Å². The van der Waals surface area contributed by atoms with E-state index in [-0.39, 0.29) is 81.0 Å². The molecule has 1 aromatic heterocycles. The Hall–Kier alpha value is -7.31. The molecule has 1 saturated carbocycles. The number of piperidine rings is 1. The lowest BCUT2D eigenvalue weighted by Gasteiger charge is -2.39. The number of aromatic nitrogens is 2. The first-order chi connectivity index (χ1) is 35.3. The van der Waals surface area contributed by atoms with Gasteiger partial charge in [0.15, 0.2) is 0 Å². The first kappa shape index (κ1) is 53.0. The summed E-state index contributed by atoms with van der Waals surface area (Å²) in [6.45, 7) is 5.24. The molecule has 394 valence electrons. The summed E-state index contributed by atoms with van der Waals surface area (Å²) in [6, 6.07) is 19.4. The van der Waals surface area contributed by atoms with Crippen LogP contribution in [0, 0.1) is 5.92 Å². The number of nitrogens with two attached hydrogens (primary N) is 1. The van der Waals surface area contributed by atoms with Crippen molar-refractivity contribution in [3.63, 3.8) is 0 Å². The second-order valence-electron chi connectivity index (χ2n) is 21.3. The van der Waals surface area contributed by atoms with Gasteiger partial charge in [0.25, 0.3) is 0 Å². The molecule has 0 radical (unpaired) electrons. The van der Waals surface area contributed by atoms with E-state index in [1.807, 2.05) is 78.9 Å². The van der Waals surface area contributed by atoms with Crippen molar-refractivity contribution in [1.29, 1.82) is 0 Å². The molecule has 3 saturated heterocycles. The maximum Gasteiger partial charge on any atom is 0.408 e. The quantitative estimate of drug-likeness (QED) is 0.104. The molecule has 1 aliphatic carbocycles. The minimum atomic E-state index is -1.25. The molecule has 8 amide bonds. The Morgan fingerprint density at radius 2 is 1.47 bits per heavy atom. The molecule has 4 heterocycles. The summed E-state index contributed by atoms with van der Waals surface area (Å²) in [5.74, 6) is -2.76. The fourth-order valence-electron chi connectivity index (χ4n) is 11.3. The van der Waals surface area contributed by atoms with Gasteiger partial charge in [-0.2, -0.15) is 0 Å². The van der Waals surface area contributed by atoms with Crippen LogP contribution in [0.25, 0.3) is 11.0 Å². The first-order valence-corrected chi connectivity index (χ1v) is 26.0. The summed E-state index contributed by atoms with van der Waals surface area (Å²) in [6.07, 6.45) is 4.83.